The highest BCUT2D eigenvalue weighted by molar-refractivity contribution is 9.10. The first-order valence-electron chi connectivity index (χ1n) is 7.47. The zero-order chi connectivity index (χ0) is 16.4. The van der Waals surface area contributed by atoms with Crippen LogP contribution in [0.2, 0.25) is 0 Å². The van der Waals surface area contributed by atoms with Gasteiger partial charge in [-0.25, -0.2) is 0 Å². The summed E-state index contributed by atoms with van der Waals surface area (Å²) >= 11 is 3.38. The molecule has 0 aromatic heterocycles. The zero-order valence-corrected chi connectivity index (χ0v) is 14.3. The molecule has 1 aliphatic rings. The van der Waals surface area contributed by atoms with Crippen LogP contribution in [-0.4, -0.2) is 24.4 Å². The van der Waals surface area contributed by atoms with Crippen molar-refractivity contribution in [3.63, 3.8) is 0 Å². The van der Waals surface area contributed by atoms with Crippen LogP contribution in [0.25, 0.3) is 0 Å². The summed E-state index contributed by atoms with van der Waals surface area (Å²) in [4.78, 5) is 26.3. The van der Waals surface area contributed by atoms with Crippen LogP contribution < -0.4 is 10.2 Å². The minimum atomic E-state index is -0.177. The third kappa shape index (κ3) is 3.45. The molecule has 1 atom stereocenters. The Morgan fingerprint density at radius 2 is 1.87 bits per heavy atom. The van der Waals surface area contributed by atoms with Gasteiger partial charge < -0.3 is 10.2 Å². The monoisotopic (exact) mass is 372 g/mol. The molecule has 4 nitrogen and oxygen atoms in total. The van der Waals surface area contributed by atoms with Crippen LogP contribution in [0.3, 0.4) is 0 Å². The number of halogens is 1. The maximum atomic E-state index is 12.3. The van der Waals surface area contributed by atoms with E-state index in [4.69, 9.17) is 0 Å². The molecule has 0 radical (unpaired) electrons. The van der Waals surface area contributed by atoms with Crippen molar-refractivity contribution >= 4 is 33.4 Å². The Morgan fingerprint density at radius 1 is 1.17 bits per heavy atom. The van der Waals surface area contributed by atoms with E-state index in [9.17, 15) is 9.59 Å². The fourth-order valence-electron chi connectivity index (χ4n) is 2.69. The molecule has 1 N–H and O–H groups in total. The Morgan fingerprint density at radius 3 is 2.57 bits per heavy atom. The van der Waals surface area contributed by atoms with Crippen molar-refractivity contribution in [1.82, 2.24) is 5.32 Å². The third-order valence-corrected chi connectivity index (χ3v) is 4.62. The minimum Gasteiger partial charge on any atom is -0.347 e. The van der Waals surface area contributed by atoms with E-state index in [0.717, 1.165) is 15.7 Å². The Balaban J connectivity index is 1.69. The quantitative estimate of drug-likeness (QED) is 0.898. The highest BCUT2D eigenvalue weighted by Gasteiger charge is 2.31. The largest absolute Gasteiger partial charge is 0.347 e. The van der Waals surface area contributed by atoms with Gasteiger partial charge in [0.1, 0.15) is 0 Å². The predicted molar refractivity (Wildman–Crippen MR) is 93.5 cm³/mol. The average molecular weight is 373 g/mol. The van der Waals surface area contributed by atoms with Gasteiger partial charge in [0.05, 0.1) is 11.6 Å². The fraction of sp³-hybridized carbons (Fsp3) is 0.222. The van der Waals surface area contributed by atoms with Crippen molar-refractivity contribution in [1.29, 1.82) is 0 Å². The van der Waals surface area contributed by atoms with E-state index in [1.165, 1.54) is 0 Å². The van der Waals surface area contributed by atoms with E-state index in [1.807, 2.05) is 49.4 Å². The molecule has 0 saturated carbocycles. The van der Waals surface area contributed by atoms with Gasteiger partial charge in [0.15, 0.2) is 0 Å². The number of carbonyl (C=O) groups excluding carboxylic acids is 2. The number of nitrogens with zero attached hydrogens (tertiary/aromatic N) is 1. The lowest BCUT2D eigenvalue weighted by molar-refractivity contribution is -0.117. The van der Waals surface area contributed by atoms with Crippen LogP contribution in [0.4, 0.5) is 5.69 Å². The molecule has 1 fully saturated rings. The van der Waals surface area contributed by atoms with E-state index in [-0.39, 0.29) is 17.9 Å². The number of aryl methyl sites for hydroxylation is 1. The lowest BCUT2D eigenvalue weighted by Gasteiger charge is -2.17. The topological polar surface area (TPSA) is 49.4 Å². The van der Waals surface area contributed by atoms with Gasteiger partial charge in [-0.1, -0.05) is 29.8 Å². The maximum Gasteiger partial charge on any atom is 0.252 e. The third-order valence-electron chi connectivity index (χ3n) is 3.92. The minimum absolute atomic E-state index is 0.0336. The summed E-state index contributed by atoms with van der Waals surface area (Å²) in [6.07, 6.45) is 0.323. The maximum absolute atomic E-state index is 12.3. The van der Waals surface area contributed by atoms with E-state index in [0.29, 0.717) is 18.5 Å². The molecule has 2 aromatic rings. The predicted octanol–water partition coefficient (Wildman–Crippen LogP) is 3.29. The summed E-state index contributed by atoms with van der Waals surface area (Å²) in [6.45, 7) is 2.51. The van der Waals surface area contributed by atoms with E-state index < -0.39 is 0 Å². The second-order valence-corrected chi connectivity index (χ2v) is 6.55. The number of nitrogens with one attached hydrogen (secondary N) is 1. The molecule has 2 amide bonds. The van der Waals surface area contributed by atoms with Crippen LogP contribution in [0.15, 0.2) is 53.0 Å². The van der Waals surface area contributed by atoms with Crippen LogP contribution in [0.1, 0.15) is 22.3 Å². The summed E-state index contributed by atoms with van der Waals surface area (Å²) in [7, 11) is 0. The first kappa shape index (κ1) is 15.7. The highest BCUT2D eigenvalue weighted by Crippen LogP contribution is 2.23. The number of amides is 2. The number of anilines is 1. The smallest absolute Gasteiger partial charge is 0.252 e. The van der Waals surface area contributed by atoms with Crippen molar-refractivity contribution in [3.05, 3.63) is 64.1 Å². The molecule has 118 valence electrons. The van der Waals surface area contributed by atoms with E-state index in [2.05, 4.69) is 21.2 Å². The van der Waals surface area contributed by atoms with Crippen molar-refractivity contribution in [2.75, 3.05) is 11.4 Å². The molecule has 0 bridgehead atoms. The molecule has 2 aromatic carbocycles. The molecule has 5 heteroatoms. The normalized spacial score (nSPS) is 17.4. The number of rotatable bonds is 3. The summed E-state index contributed by atoms with van der Waals surface area (Å²) in [5.41, 5.74) is 2.60. The Bertz CT molecular complexity index is 743. The number of benzene rings is 2. The van der Waals surface area contributed by atoms with Crippen molar-refractivity contribution in [3.8, 4) is 0 Å². The van der Waals surface area contributed by atoms with Gasteiger partial charge in [-0.3, -0.25) is 9.59 Å². The van der Waals surface area contributed by atoms with Gasteiger partial charge >= 0.3 is 0 Å². The number of hydrogen-bond acceptors (Lipinski definition) is 2. The molecular weight excluding hydrogens is 356 g/mol. The van der Waals surface area contributed by atoms with Crippen LogP contribution in [0.5, 0.6) is 0 Å². The molecule has 1 aliphatic heterocycles. The van der Waals surface area contributed by atoms with Gasteiger partial charge in [0.2, 0.25) is 5.91 Å². The molecule has 23 heavy (non-hydrogen) atoms. The molecule has 0 aliphatic carbocycles. The van der Waals surface area contributed by atoms with Crippen LogP contribution in [0, 0.1) is 6.92 Å². The van der Waals surface area contributed by atoms with Gasteiger partial charge in [0, 0.05) is 23.1 Å². The number of carbonyl (C=O) groups is 2. The molecule has 3 rings (SSSR count). The first-order chi connectivity index (χ1) is 11.0. The Hall–Kier alpha value is -2.14. The molecule has 0 spiro atoms. The Kier molecular flexibility index (Phi) is 4.48. The lowest BCUT2D eigenvalue weighted by Crippen LogP contribution is -2.37. The fourth-order valence-corrected chi connectivity index (χ4v) is 3.15. The van der Waals surface area contributed by atoms with Crippen molar-refractivity contribution in [2.24, 2.45) is 0 Å². The van der Waals surface area contributed by atoms with Crippen LogP contribution >= 0.6 is 15.9 Å². The molecular formula is C18H17BrN2O2. The standard InChI is InChI=1S/C18H17BrN2O2/c1-12-6-8-14(9-7-12)21-11-13(10-17(21)22)20-18(23)15-4-2-3-5-16(15)19/h2-9,13H,10-11H2,1H3,(H,20,23)/t13-/m1/s1. The van der Waals surface area contributed by atoms with Crippen molar-refractivity contribution < 1.29 is 9.59 Å². The number of hydrogen-bond donors (Lipinski definition) is 1. The average Bonchev–Trinajstić information content (AvgIpc) is 2.89. The van der Waals surface area contributed by atoms with Gasteiger partial charge in [-0.2, -0.15) is 0 Å². The molecule has 1 saturated heterocycles. The van der Waals surface area contributed by atoms with E-state index in [1.54, 1.807) is 11.0 Å². The Labute approximate surface area is 143 Å². The van der Waals surface area contributed by atoms with Gasteiger partial charge in [0.25, 0.3) is 5.91 Å². The summed E-state index contributed by atoms with van der Waals surface area (Å²) in [6, 6.07) is 14.9. The highest BCUT2D eigenvalue weighted by atomic mass is 79.9. The molecule has 1 heterocycles. The first-order valence-corrected chi connectivity index (χ1v) is 8.26. The van der Waals surface area contributed by atoms with Crippen molar-refractivity contribution in [2.45, 2.75) is 19.4 Å². The van der Waals surface area contributed by atoms with E-state index >= 15 is 0 Å². The summed E-state index contributed by atoms with van der Waals surface area (Å²) in [5.74, 6) is -0.132. The zero-order valence-electron chi connectivity index (χ0n) is 12.8. The van der Waals surface area contributed by atoms with Crippen LogP contribution in [-0.2, 0) is 4.79 Å². The second kappa shape index (κ2) is 6.54. The lowest BCUT2D eigenvalue weighted by atomic mass is 10.2. The molecule has 0 unspecified atom stereocenters. The van der Waals surface area contributed by atoms with Gasteiger partial charge in [-0.15, -0.1) is 0 Å². The summed E-state index contributed by atoms with van der Waals surface area (Å²) in [5, 5.41) is 2.95. The van der Waals surface area contributed by atoms with Gasteiger partial charge in [-0.05, 0) is 47.1 Å². The second-order valence-electron chi connectivity index (χ2n) is 5.69. The SMILES string of the molecule is Cc1ccc(N2C[C@H](NC(=O)c3ccccc3Br)CC2=O)cc1. The summed E-state index contributed by atoms with van der Waals surface area (Å²) < 4.78 is 0.747.